The lowest BCUT2D eigenvalue weighted by molar-refractivity contribution is 0.0697. The van der Waals surface area contributed by atoms with E-state index in [-0.39, 0.29) is 5.56 Å². The first-order valence-corrected chi connectivity index (χ1v) is 6.92. The molecular weight excluding hydrogens is 254 g/mol. The quantitative estimate of drug-likeness (QED) is 0.828. The number of hydrogen-bond donors (Lipinski definition) is 1. The molecule has 0 aliphatic rings. The summed E-state index contributed by atoms with van der Waals surface area (Å²) in [5.74, 6) is 0.0975. The molecule has 0 aliphatic heterocycles. The maximum absolute atomic E-state index is 11.4. The third kappa shape index (κ3) is 4.81. The van der Waals surface area contributed by atoms with E-state index >= 15 is 0 Å². The van der Waals surface area contributed by atoms with E-state index in [2.05, 4.69) is 28.6 Å². The number of aromatic carboxylic acids is 1. The van der Waals surface area contributed by atoms with Crippen molar-refractivity contribution in [1.29, 1.82) is 0 Å². The summed E-state index contributed by atoms with van der Waals surface area (Å²) in [6.45, 7) is 8.56. The summed E-state index contributed by atoms with van der Waals surface area (Å²) in [5, 5.41) is 9.34. The average molecular weight is 279 g/mol. The van der Waals surface area contributed by atoms with Crippen LogP contribution < -0.4 is 4.90 Å². The van der Waals surface area contributed by atoms with Crippen LogP contribution in [0.2, 0.25) is 0 Å². The summed E-state index contributed by atoms with van der Waals surface area (Å²) in [6, 6.07) is 3.38. The van der Waals surface area contributed by atoms with E-state index in [1.54, 1.807) is 12.1 Å². The average Bonchev–Trinajstić information content (AvgIpc) is 2.33. The summed E-state index contributed by atoms with van der Waals surface area (Å²) in [4.78, 5) is 20.0. The van der Waals surface area contributed by atoms with Crippen molar-refractivity contribution in [2.24, 2.45) is 5.92 Å². The number of likely N-dealkylation sites (N-methyl/N-ethyl adjacent to an activating group) is 1. The number of anilines is 1. The number of carboxylic acids is 1. The molecule has 20 heavy (non-hydrogen) atoms. The van der Waals surface area contributed by atoms with Gasteiger partial charge in [0.25, 0.3) is 0 Å². The lowest BCUT2D eigenvalue weighted by Crippen LogP contribution is -2.36. The summed E-state index contributed by atoms with van der Waals surface area (Å²) in [5.41, 5.74) is 1.11. The van der Waals surface area contributed by atoms with Crippen molar-refractivity contribution in [1.82, 2.24) is 9.88 Å². The van der Waals surface area contributed by atoms with Crippen LogP contribution in [0.25, 0.3) is 0 Å². The number of pyridine rings is 1. The number of carboxylic acid groups (broad SMARTS) is 1. The second-order valence-electron chi connectivity index (χ2n) is 5.77. The molecule has 112 valence electrons. The van der Waals surface area contributed by atoms with Gasteiger partial charge in [0.1, 0.15) is 11.4 Å². The van der Waals surface area contributed by atoms with E-state index in [1.165, 1.54) is 0 Å². The Hall–Kier alpha value is -1.62. The number of aryl methyl sites for hydroxylation is 1. The molecule has 0 aliphatic carbocycles. The molecule has 1 N–H and O–H groups in total. The number of hydrogen-bond acceptors (Lipinski definition) is 4. The van der Waals surface area contributed by atoms with Crippen molar-refractivity contribution >= 4 is 11.8 Å². The maximum atomic E-state index is 11.4. The first kappa shape index (κ1) is 16.4. The molecule has 1 aromatic heterocycles. The lowest BCUT2D eigenvalue weighted by Gasteiger charge is -2.28. The number of aromatic nitrogens is 1. The molecule has 0 amide bonds. The Balaban J connectivity index is 3.10. The maximum Gasteiger partial charge on any atom is 0.339 e. The highest BCUT2D eigenvalue weighted by molar-refractivity contribution is 5.93. The van der Waals surface area contributed by atoms with Crippen LogP contribution in [0.5, 0.6) is 0 Å². The largest absolute Gasteiger partial charge is 0.478 e. The van der Waals surface area contributed by atoms with Crippen LogP contribution in [-0.4, -0.2) is 54.7 Å². The van der Waals surface area contributed by atoms with Crippen molar-refractivity contribution in [3.63, 3.8) is 0 Å². The molecule has 0 saturated carbocycles. The zero-order valence-corrected chi connectivity index (χ0v) is 13.1. The van der Waals surface area contributed by atoms with Gasteiger partial charge in [-0.1, -0.05) is 13.8 Å². The topological polar surface area (TPSA) is 56.7 Å². The molecule has 1 heterocycles. The third-order valence-corrected chi connectivity index (χ3v) is 2.95. The van der Waals surface area contributed by atoms with Gasteiger partial charge in [0, 0.05) is 25.3 Å². The Bertz CT molecular complexity index is 458. The Morgan fingerprint density at radius 2 is 1.95 bits per heavy atom. The van der Waals surface area contributed by atoms with Crippen molar-refractivity contribution in [3.8, 4) is 0 Å². The van der Waals surface area contributed by atoms with E-state index in [0.29, 0.717) is 11.7 Å². The SMILES string of the molecule is Cc1ccc(C(=O)O)c(N(CCN(C)C)CC(C)C)n1. The lowest BCUT2D eigenvalue weighted by atomic mass is 10.1. The standard InChI is InChI=1S/C15H25N3O2/c1-11(2)10-18(9-8-17(4)5)14-13(15(19)20)7-6-12(3)16-14/h6-7,11H,8-10H2,1-5H3,(H,19,20). The van der Waals surface area contributed by atoms with Crippen molar-refractivity contribution in [3.05, 3.63) is 23.4 Å². The molecule has 0 atom stereocenters. The fraction of sp³-hybridized carbons (Fsp3) is 0.600. The van der Waals surface area contributed by atoms with Gasteiger partial charge < -0.3 is 14.9 Å². The van der Waals surface area contributed by atoms with E-state index in [9.17, 15) is 9.90 Å². The highest BCUT2D eigenvalue weighted by Crippen LogP contribution is 2.20. The summed E-state index contributed by atoms with van der Waals surface area (Å²) >= 11 is 0. The molecule has 0 bridgehead atoms. The van der Waals surface area contributed by atoms with Crippen LogP contribution in [-0.2, 0) is 0 Å². The monoisotopic (exact) mass is 279 g/mol. The third-order valence-electron chi connectivity index (χ3n) is 2.95. The van der Waals surface area contributed by atoms with Crippen molar-refractivity contribution in [2.45, 2.75) is 20.8 Å². The molecule has 0 unspecified atom stereocenters. The smallest absolute Gasteiger partial charge is 0.339 e. The van der Waals surface area contributed by atoms with Gasteiger partial charge in [-0.3, -0.25) is 0 Å². The zero-order valence-electron chi connectivity index (χ0n) is 13.1. The number of nitrogens with zero attached hydrogens (tertiary/aromatic N) is 3. The van der Waals surface area contributed by atoms with Crippen LogP contribution in [0.15, 0.2) is 12.1 Å². The van der Waals surface area contributed by atoms with E-state index in [0.717, 1.165) is 25.3 Å². The van der Waals surface area contributed by atoms with Gasteiger partial charge in [-0.2, -0.15) is 0 Å². The normalized spacial score (nSPS) is 11.2. The fourth-order valence-electron chi connectivity index (χ4n) is 2.00. The molecular formula is C15H25N3O2. The second kappa shape index (κ2) is 7.24. The minimum atomic E-state index is -0.925. The fourth-order valence-corrected chi connectivity index (χ4v) is 2.00. The Morgan fingerprint density at radius 3 is 2.45 bits per heavy atom. The van der Waals surface area contributed by atoms with Gasteiger partial charge in [-0.15, -0.1) is 0 Å². The van der Waals surface area contributed by atoms with E-state index in [4.69, 9.17) is 0 Å². The van der Waals surface area contributed by atoms with Gasteiger partial charge in [0.05, 0.1) is 0 Å². The first-order valence-electron chi connectivity index (χ1n) is 6.92. The second-order valence-corrected chi connectivity index (χ2v) is 5.77. The predicted molar refractivity (Wildman–Crippen MR) is 81.5 cm³/mol. The minimum absolute atomic E-state index is 0.273. The molecule has 5 heteroatoms. The summed E-state index contributed by atoms with van der Waals surface area (Å²) in [6.07, 6.45) is 0. The van der Waals surface area contributed by atoms with Crippen LogP contribution in [0, 0.1) is 12.8 Å². The van der Waals surface area contributed by atoms with Crippen LogP contribution in [0.1, 0.15) is 29.9 Å². The first-order chi connectivity index (χ1) is 9.31. The minimum Gasteiger partial charge on any atom is -0.478 e. The van der Waals surface area contributed by atoms with Crippen LogP contribution in [0.4, 0.5) is 5.82 Å². The molecule has 0 saturated heterocycles. The molecule has 1 aromatic rings. The Morgan fingerprint density at radius 1 is 1.30 bits per heavy atom. The van der Waals surface area contributed by atoms with E-state index in [1.807, 2.05) is 21.0 Å². The summed E-state index contributed by atoms with van der Waals surface area (Å²) in [7, 11) is 4.02. The molecule has 0 spiro atoms. The van der Waals surface area contributed by atoms with E-state index < -0.39 is 5.97 Å². The predicted octanol–water partition coefficient (Wildman–Crippen LogP) is 2.11. The highest BCUT2D eigenvalue weighted by Gasteiger charge is 2.18. The van der Waals surface area contributed by atoms with Gasteiger partial charge in [0.2, 0.25) is 0 Å². The molecule has 5 nitrogen and oxygen atoms in total. The van der Waals surface area contributed by atoms with Gasteiger partial charge in [0.15, 0.2) is 0 Å². The Kier molecular flexibility index (Phi) is 5.95. The molecule has 0 aromatic carbocycles. The van der Waals surface area contributed by atoms with Gasteiger partial charge in [-0.25, -0.2) is 9.78 Å². The number of carbonyl (C=O) groups is 1. The van der Waals surface area contributed by atoms with Gasteiger partial charge in [-0.05, 0) is 39.1 Å². The molecule has 0 radical (unpaired) electrons. The highest BCUT2D eigenvalue weighted by atomic mass is 16.4. The zero-order chi connectivity index (χ0) is 15.3. The van der Waals surface area contributed by atoms with Crippen LogP contribution in [0.3, 0.4) is 0 Å². The van der Waals surface area contributed by atoms with Crippen molar-refractivity contribution < 1.29 is 9.90 Å². The summed E-state index contributed by atoms with van der Waals surface area (Å²) < 4.78 is 0. The molecule has 0 fully saturated rings. The van der Waals surface area contributed by atoms with Crippen LogP contribution >= 0.6 is 0 Å². The number of rotatable bonds is 7. The molecule has 1 rings (SSSR count). The van der Waals surface area contributed by atoms with Crippen molar-refractivity contribution in [2.75, 3.05) is 38.6 Å². The van der Waals surface area contributed by atoms with Gasteiger partial charge >= 0.3 is 5.97 Å². The Labute approximate surface area is 121 Å².